The first-order chi connectivity index (χ1) is 12.1. The van der Waals surface area contributed by atoms with Gasteiger partial charge in [-0.1, -0.05) is 29.5 Å². The first kappa shape index (κ1) is 15.9. The zero-order valence-corrected chi connectivity index (χ0v) is 15.2. The van der Waals surface area contributed by atoms with Crippen LogP contribution < -0.4 is 15.4 Å². The van der Waals surface area contributed by atoms with Gasteiger partial charge in [-0.25, -0.2) is 9.98 Å². The topological polar surface area (TPSA) is 79.8 Å². The van der Waals surface area contributed by atoms with Gasteiger partial charge in [0.1, 0.15) is 4.88 Å². The van der Waals surface area contributed by atoms with Gasteiger partial charge in [-0.2, -0.15) is 4.99 Å². The number of carbonyl (C=O) groups excluding carboxylic acids is 1. The zero-order valence-electron chi connectivity index (χ0n) is 13.6. The monoisotopic (exact) mass is 370 g/mol. The molecule has 0 saturated carbocycles. The van der Waals surface area contributed by atoms with Crippen LogP contribution in [-0.4, -0.2) is 20.6 Å². The second kappa shape index (κ2) is 6.05. The number of hydrogen-bond acceptors (Lipinski definition) is 6. The number of fused-ring (bicyclic) bond motifs is 1. The number of aryl methyl sites for hydroxylation is 1. The summed E-state index contributed by atoms with van der Waals surface area (Å²) in [5, 5.41) is 14.6. The molecular weight excluding hydrogens is 356 g/mol. The Morgan fingerprint density at radius 3 is 2.84 bits per heavy atom. The van der Waals surface area contributed by atoms with Gasteiger partial charge in [0.25, 0.3) is 5.91 Å². The number of rotatable bonds is 3. The predicted molar refractivity (Wildman–Crippen MR) is 96.5 cm³/mol. The highest BCUT2D eigenvalue weighted by Crippen LogP contribution is 2.29. The van der Waals surface area contributed by atoms with Gasteiger partial charge in [-0.3, -0.25) is 9.36 Å². The van der Waals surface area contributed by atoms with E-state index in [0.717, 1.165) is 10.9 Å². The van der Waals surface area contributed by atoms with Gasteiger partial charge >= 0.3 is 0 Å². The fourth-order valence-electron chi connectivity index (χ4n) is 2.69. The van der Waals surface area contributed by atoms with Crippen LogP contribution >= 0.6 is 22.7 Å². The number of thiazole rings is 2. The molecule has 0 spiro atoms. The number of aromatic nitrogens is 2. The van der Waals surface area contributed by atoms with Crippen molar-refractivity contribution < 1.29 is 9.90 Å². The minimum Gasteiger partial charge on any atom is -0.493 e. The Labute approximate surface area is 150 Å². The van der Waals surface area contributed by atoms with Gasteiger partial charge in [0.15, 0.2) is 4.80 Å². The quantitative estimate of drug-likeness (QED) is 0.761. The number of nitrogens with zero attached hydrogens (tertiary/aromatic N) is 4. The molecule has 1 aromatic carbocycles. The van der Waals surface area contributed by atoms with Gasteiger partial charge < -0.3 is 5.11 Å². The number of benzene rings is 1. The van der Waals surface area contributed by atoms with Crippen molar-refractivity contribution in [2.45, 2.75) is 20.4 Å². The van der Waals surface area contributed by atoms with Crippen molar-refractivity contribution in [3.05, 3.63) is 55.6 Å². The lowest BCUT2D eigenvalue weighted by Crippen LogP contribution is -2.22. The molecule has 6 nitrogen and oxygen atoms in total. The van der Waals surface area contributed by atoms with Crippen LogP contribution in [-0.2, 0) is 11.3 Å². The third-order valence-corrected chi connectivity index (χ3v) is 5.77. The molecule has 4 rings (SSSR count). The molecule has 0 atom stereocenters. The lowest BCUT2D eigenvalue weighted by molar-refractivity contribution is -0.112. The van der Waals surface area contributed by atoms with Crippen LogP contribution in [0.25, 0.3) is 5.57 Å². The van der Waals surface area contributed by atoms with Crippen LogP contribution in [0.2, 0.25) is 0 Å². The molecule has 25 heavy (non-hydrogen) atoms. The summed E-state index contributed by atoms with van der Waals surface area (Å²) in [5.74, 6) is -0.299. The van der Waals surface area contributed by atoms with E-state index in [1.165, 1.54) is 22.7 Å². The predicted octanol–water partition coefficient (Wildman–Crippen LogP) is 1.63. The molecule has 0 unspecified atom stereocenters. The SMILES string of the molecule is CCn1c(O)c(C2=c3ccccc3=NC2=O)s/c1=N/c1nc(C)cs1. The summed E-state index contributed by atoms with van der Waals surface area (Å²) >= 11 is 2.72. The minimum absolute atomic E-state index is 0.0368. The van der Waals surface area contributed by atoms with Crippen LogP contribution in [0.5, 0.6) is 5.88 Å². The smallest absolute Gasteiger partial charge is 0.279 e. The highest BCUT2D eigenvalue weighted by molar-refractivity contribution is 7.13. The summed E-state index contributed by atoms with van der Waals surface area (Å²) in [5.41, 5.74) is 1.33. The molecule has 3 heterocycles. The van der Waals surface area contributed by atoms with E-state index in [1.807, 2.05) is 37.4 Å². The average Bonchev–Trinajstić information content (AvgIpc) is 3.23. The maximum atomic E-state index is 12.4. The molecule has 1 aliphatic heterocycles. The highest BCUT2D eigenvalue weighted by Gasteiger charge is 2.25. The maximum absolute atomic E-state index is 12.4. The van der Waals surface area contributed by atoms with Crippen molar-refractivity contribution in [3.8, 4) is 5.88 Å². The normalized spacial score (nSPS) is 14.1. The number of carbonyl (C=O) groups is 1. The van der Waals surface area contributed by atoms with Crippen molar-refractivity contribution in [2.24, 2.45) is 9.98 Å². The summed E-state index contributed by atoms with van der Waals surface area (Å²) in [7, 11) is 0. The van der Waals surface area contributed by atoms with Crippen LogP contribution in [0.4, 0.5) is 5.13 Å². The maximum Gasteiger partial charge on any atom is 0.279 e. The van der Waals surface area contributed by atoms with E-state index in [9.17, 15) is 9.90 Å². The van der Waals surface area contributed by atoms with E-state index in [2.05, 4.69) is 15.0 Å². The first-order valence-corrected chi connectivity index (χ1v) is 9.40. The van der Waals surface area contributed by atoms with Gasteiger partial charge in [0.05, 0.1) is 16.6 Å². The zero-order chi connectivity index (χ0) is 17.6. The molecule has 1 N–H and O–H groups in total. The van der Waals surface area contributed by atoms with Crippen LogP contribution in [0.1, 0.15) is 17.5 Å². The van der Waals surface area contributed by atoms with Crippen LogP contribution in [0, 0.1) is 6.92 Å². The largest absolute Gasteiger partial charge is 0.493 e. The Balaban J connectivity index is 1.99. The second-order valence-corrected chi connectivity index (χ2v) is 7.29. The molecule has 3 aromatic rings. The average molecular weight is 370 g/mol. The van der Waals surface area contributed by atoms with Crippen molar-refractivity contribution in [2.75, 3.05) is 0 Å². The highest BCUT2D eigenvalue weighted by atomic mass is 32.1. The lowest BCUT2D eigenvalue weighted by Gasteiger charge is -2.01. The molecule has 2 aromatic heterocycles. The summed E-state index contributed by atoms with van der Waals surface area (Å²) in [6, 6.07) is 7.33. The number of amides is 1. The Hall–Kier alpha value is -2.58. The molecule has 8 heteroatoms. The number of para-hydroxylation sites is 1. The number of hydrogen-bond donors (Lipinski definition) is 1. The molecule has 0 bridgehead atoms. The van der Waals surface area contributed by atoms with Gasteiger partial charge in [-0.05, 0) is 19.9 Å². The second-order valence-electron chi connectivity index (χ2n) is 5.47. The Kier molecular flexibility index (Phi) is 3.85. The van der Waals surface area contributed by atoms with E-state index in [-0.39, 0.29) is 11.8 Å². The van der Waals surface area contributed by atoms with E-state index in [4.69, 9.17) is 0 Å². The van der Waals surface area contributed by atoms with Crippen molar-refractivity contribution in [3.63, 3.8) is 0 Å². The molecule has 1 amide bonds. The summed E-state index contributed by atoms with van der Waals surface area (Å²) in [4.78, 5) is 26.4. The molecular formula is C17H14N4O2S2. The molecule has 0 aliphatic carbocycles. The van der Waals surface area contributed by atoms with Crippen LogP contribution in [0.15, 0.2) is 39.6 Å². The first-order valence-electron chi connectivity index (χ1n) is 7.70. The minimum atomic E-state index is -0.336. The molecule has 0 fully saturated rings. The van der Waals surface area contributed by atoms with Gasteiger partial charge in [-0.15, -0.1) is 11.3 Å². The van der Waals surface area contributed by atoms with Crippen LogP contribution in [0.3, 0.4) is 0 Å². The van der Waals surface area contributed by atoms with Crippen molar-refractivity contribution in [1.82, 2.24) is 9.55 Å². The number of aromatic hydroxyl groups is 1. The summed E-state index contributed by atoms with van der Waals surface area (Å²) < 4.78 is 1.68. The van der Waals surface area contributed by atoms with Crippen molar-refractivity contribution in [1.29, 1.82) is 0 Å². The van der Waals surface area contributed by atoms with Gasteiger partial charge in [0.2, 0.25) is 11.0 Å². The summed E-state index contributed by atoms with van der Waals surface area (Å²) in [6.07, 6.45) is 0. The van der Waals surface area contributed by atoms with Crippen molar-refractivity contribution >= 4 is 39.3 Å². The fraction of sp³-hybridized carbons (Fsp3) is 0.176. The molecule has 0 saturated heterocycles. The van der Waals surface area contributed by atoms with E-state index in [1.54, 1.807) is 10.6 Å². The van der Waals surface area contributed by atoms with E-state index >= 15 is 0 Å². The Morgan fingerprint density at radius 1 is 1.32 bits per heavy atom. The molecule has 0 radical (unpaired) electrons. The van der Waals surface area contributed by atoms with E-state index in [0.29, 0.717) is 32.3 Å². The van der Waals surface area contributed by atoms with E-state index < -0.39 is 0 Å². The standard InChI is InChI=1S/C17H14N4O2S2/c1-3-21-15(23)13(25-17(21)20-16-18-9(2)8-24-16)12-10-6-4-5-7-11(10)19-14(12)22/h4-8,23H,3H2,1-2H3/b20-17+. The lowest BCUT2D eigenvalue weighted by atomic mass is 10.1. The fourth-order valence-corrected chi connectivity index (χ4v) is 4.56. The summed E-state index contributed by atoms with van der Waals surface area (Å²) in [6.45, 7) is 4.36. The Morgan fingerprint density at radius 2 is 2.12 bits per heavy atom. The third kappa shape index (κ3) is 2.63. The molecule has 126 valence electrons. The third-order valence-electron chi connectivity index (χ3n) is 3.83. The Bertz CT molecular complexity index is 1180. The van der Waals surface area contributed by atoms with Gasteiger partial charge in [0, 0.05) is 17.1 Å². The molecule has 1 aliphatic rings.